The van der Waals surface area contributed by atoms with Gasteiger partial charge in [0.2, 0.25) is 0 Å². The van der Waals surface area contributed by atoms with Gasteiger partial charge in [-0.2, -0.15) is 0 Å². The van der Waals surface area contributed by atoms with Crippen molar-refractivity contribution in [3.63, 3.8) is 0 Å². The van der Waals surface area contributed by atoms with E-state index < -0.39 is 5.97 Å². The summed E-state index contributed by atoms with van der Waals surface area (Å²) in [5.41, 5.74) is 2.62. The molecule has 160 valence electrons. The van der Waals surface area contributed by atoms with Crippen molar-refractivity contribution in [3.8, 4) is 11.1 Å². The number of carboxylic acid groups (broad SMARTS) is 1. The molecule has 32 heavy (non-hydrogen) atoms. The van der Waals surface area contributed by atoms with Gasteiger partial charge in [-0.25, -0.2) is 19.2 Å². The first-order valence-electron chi connectivity index (χ1n) is 10.4. The van der Waals surface area contributed by atoms with Crippen LogP contribution in [-0.2, 0) is 0 Å². The van der Waals surface area contributed by atoms with Crippen LogP contribution in [0.5, 0.6) is 0 Å². The quantitative estimate of drug-likeness (QED) is 0.518. The third kappa shape index (κ3) is 3.85. The Bertz CT molecular complexity index is 1270. The highest BCUT2D eigenvalue weighted by atomic mass is 19.1. The molecule has 0 bridgehead atoms. The summed E-state index contributed by atoms with van der Waals surface area (Å²) in [6, 6.07) is 19.1. The van der Waals surface area contributed by atoms with E-state index in [0.29, 0.717) is 0 Å². The van der Waals surface area contributed by atoms with E-state index in [2.05, 4.69) is 14.8 Å². The summed E-state index contributed by atoms with van der Waals surface area (Å²) in [4.78, 5) is 25.2. The van der Waals surface area contributed by atoms with Crippen molar-refractivity contribution in [1.29, 1.82) is 0 Å². The predicted octanol–water partition coefficient (Wildman–Crippen LogP) is 4.46. The van der Waals surface area contributed by atoms with Crippen LogP contribution in [0.4, 0.5) is 16.0 Å². The molecule has 2 aromatic carbocycles. The van der Waals surface area contributed by atoms with E-state index in [0.717, 1.165) is 59.8 Å². The Balaban J connectivity index is 1.53. The second-order valence-electron chi connectivity index (χ2n) is 7.74. The number of piperazine rings is 1. The normalized spacial score (nSPS) is 14.0. The Morgan fingerprint density at radius 3 is 2.34 bits per heavy atom. The average Bonchev–Trinajstić information content (AvgIpc) is 2.84. The molecule has 0 atom stereocenters. The number of carbonyl (C=O) groups is 1. The predicted molar refractivity (Wildman–Crippen MR) is 123 cm³/mol. The van der Waals surface area contributed by atoms with Crippen LogP contribution in [0.2, 0.25) is 0 Å². The largest absolute Gasteiger partial charge is 0.478 e. The second kappa shape index (κ2) is 8.26. The molecule has 0 aliphatic carbocycles. The Hall–Kier alpha value is -4.00. The Kier molecular flexibility index (Phi) is 5.15. The zero-order valence-corrected chi connectivity index (χ0v) is 17.3. The highest BCUT2D eigenvalue weighted by Gasteiger charge is 2.22. The van der Waals surface area contributed by atoms with Gasteiger partial charge in [-0.3, -0.25) is 0 Å². The lowest BCUT2D eigenvalue weighted by molar-refractivity contribution is 0.0697. The van der Waals surface area contributed by atoms with Crippen LogP contribution in [-0.4, -0.2) is 47.2 Å². The molecular weight excluding hydrogens is 407 g/mol. The molecule has 1 fully saturated rings. The van der Waals surface area contributed by atoms with Crippen LogP contribution in [0.15, 0.2) is 72.9 Å². The number of nitrogens with zero attached hydrogens (tertiary/aromatic N) is 4. The Morgan fingerprint density at radius 1 is 0.906 bits per heavy atom. The van der Waals surface area contributed by atoms with Crippen molar-refractivity contribution in [1.82, 2.24) is 9.97 Å². The molecule has 0 spiro atoms. The van der Waals surface area contributed by atoms with E-state index in [4.69, 9.17) is 4.98 Å². The Morgan fingerprint density at radius 2 is 1.66 bits per heavy atom. The van der Waals surface area contributed by atoms with Gasteiger partial charge >= 0.3 is 5.97 Å². The third-order valence-corrected chi connectivity index (χ3v) is 5.75. The zero-order chi connectivity index (χ0) is 22.1. The van der Waals surface area contributed by atoms with Gasteiger partial charge in [0.1, 0.15) is 17.5 Å². The van der Waals surface area contributed by atoms with Crippen LogP contribution in [0.1, 0.15) is 10.4 Å². The molecule has 3 heterocycles. The van der Waals surface area contributed by atoms with Crippen LogP contribution >= 0.6 is 0 Å². The molecule has 2 aromatic heterocycles. The average molecular weight is 428 g/mol. The third-order valence-electron chi connectivity index (χ3n) is 5.75. The first-order chi connectivity index (χ1) is 15.6. The van der Waals surface area contributed by atoms with E-state index in [1.807, 2.05) is 24.3 Å². The van der Waals surface area contributed by atoms with Gasteiger partial charge in [-0.1, -0.05) is 18.2 Å². The van der Waals surface area contributed by atoms with Crippen molar-refractivity contribution in [2.24, 2.45) is 0 Å². The number of hydrogen-bond donors (Lipinski definition) is 1. The number of pyridine rings is 2. The summed E-state index contributed by atoms with van der Waals surface area (Å²) in [7, 11) is 0. The number of carboxylic acids is 1. The number of fused-ring (bicyclic) bond motifs is 1. The maximum atomic E-state index is 13.6. The van der Waals surface area contributed by atoms with Crippen LogP contribution < -0.4 is 9.80 Å². The number of aromatic nitrogens is 2. The summed E-state index contributed by atoms with van der Waals surface area (Å²) in [6.07, 6.45) is 1.80. The topological polar surface area (TPSA) is 69.6 Å². The van der Waals surface area contributed by atoms with Gasteiger partial charge in [0, 0.05) is 43.3 Å². The van der Waals surface area contributed by atoms with Gasteiger partial charge in [-0.15, -0.1) is 0 Å². The van der Waals surface area contributed by atoms with Gasteiger partial charge in [0.15, 0.2) is 0 Å². The van der Waals surface area contributed by atoms with Crippen molar-refractivity contribution in [3.05, 3.63) is 84.3 Å². The molecule has 0 saturated carbocycles. The molecule has 1 aliphatic rings. The van der Waals surface area contributed by atoms with E-state index >= 15 is 0 Å². The lowest BCUT2D eigenvalue weighted by Crippen LogP contribution is -2.47. The van der Waals surface area contributed by atoms with E-state index in [1.165, 1.54) is 12.1 Å². The molecule has 0 radical (unpaired) electrons. The molecule has 1 N–H and O–H groups in total. The molecule has 4 aromatic rings. The van der Waals surface area contributed by atoms with Crippen LogP contribution in [0.3, 0.4) is 0 Å². The van der Waals surface area contributed by atoms with Crippen molar-refractivity contribution in [2.75, 3.05) is 36.0 Å². The van der Waals surface area contributed by atoms with E-state index in [1.54, 1.807) is 36.5 Å². The fraction of sp³-hybridized carbons (Fsp3) is 0.160. The molecule has 7 heteroatoms. The minimum absolute atomic E-state index is 0.209. The van der Waals surface area contributed by atoms with E-state index in [9.17, 15) is 14.3 Å². The second-order valence-corrected chi connectivity index (χ2v) is 7.74. The van der Waals surface area contributed by atoms with Crippen molar-refractivity contribution < 1.29 is 14.3 Å². The number of benzene rings is 2. The SMILES string of the molecule is O=C(O)c1ccc2nc(N3CCN(c4ccccn4)CC3)c(-c3ccc(F)cc3)cc2c1. The molecule has 5 rings (SSSR count). The van der Waals surface area contributed by atoms with Gasteiger partial charge < -0.3 is 14.9 Å². The number of halogens is 1. The van der Waals surface area contributed by atoms with Crippen LogP contribution in [0, 0.1) is 5.82 Å². The summed E-state index contributed by atoms with van der Waals surface area (Å²) >= 11 is 0. The first-order valence-corrected chi connectivity index (χ1v) is 10.4. The maximum absolute atomic E-state index is 13.6. The molecule has 0 amide bonds. The highest BCUT2D eigenvalue weighted by molar-refractivity contribution is 5.96. The highest BCUT2D eigenvalue weighted by Crippen LogP contribution is 2.34. The smallest absolute Gasteiger partial charge is 0.335 e. The number of rotatable bonds is 4. The van der Waals surface area contributed by atoms with Gasteiger partial charge in [-0.05, 0) is 54.1 Å². The van der Waals surface area contributed by atoms with Crippen molar-refractivity contribution in [2.45, 2.75) is 0 Å². The first kappa shape index (κ1) is 19.9. The molecule has 6 nitrogen and oxygen atoms in total. The van der Waals surface area contributed by atoms with Gasteiger partial charge in [0.25, 0.3) is 0 Å². The fourth-order valence-electron chi connectivity index (χ4n) is 4.07. The standard InChI is InChI=1S/C25H21FN4O2/c26-20-7-4-17(5-8-20)21-16-19-15-18(25(31)32)6-9-22(19)28-24(21)30-13-11-29(12-14-30)23-3-1-2-10-27-23/h1-10,15-16H,11-14H2,(H,31,32). The number of aromatic carboxylic acids is 1. The van der Waals surface area contributed by atoms with Crippen LogP contribution in [0.25, 0.3) is 22.0 Å². The number of anilines is 2. The minimum atomic E-state index is -0.982. The Labute approximate surface area is 184 Å². The molecule has 1 saturated heterocycles. The maximum Gasteiger partial charge on any atom is 0.335 e. The summed E-state index contributed by atoms with van der Waals surface area (Å²) < 4.78 is 13.6. The lowest BCUT2D eigenvalue weighted by atomic mass is 10.0. The monoisotopic (exact) mass is 428 g/mol. The van der Waals surface area contributed by atoms with Gasteiger partial charge in [0.05, 0.1) is 11.1 Å². The minimum Gasteiger partial charge on any atom is -0.478 e. The van der Waals surface area contributed by atoms with E-state index in [-0.39, 0.29) is 11.4 Å². The molecular formula is C25H21FN4O2. The summed E-state index contributed by atoms with van der Waals surface area (Å²) in [5, 5.41) is 10.1. The zero-order valence-electron chi connectivity index (χ0n) is 17.3. The number of hydrogen-bond acceptors (Lipinski definition) is 5. The van der Waals surface area contributed by atoms with Crippen molar-refractivity contribution >= 4 is 28.5 Å². The summed E-state index contributed by atoms with van der Waals surface area (Å²) in [5.74, 6) is 0.484. The lowest BCUT2D eigenvalue weighted by Gasteiger charge is -2.37. The summed E-state index contributed by atoms with van der Waals surface area (Å²) in [6.45, 7) is 3.13. The molecule has 1 aliphatic heterocycles. The fourth-order valence-corrected chi connectivity index (χ4v) is 4.07. The molecule has 0 unspecified atom stereocenters.